The molecule has 0 aliphatic carbocycles. The van der Waals surface area contributed by atoms with Crippen LogP contribution in [-0.2, 0) is 14.3 Å². The molecule has 19 heavy (non-hydrogen) atoms. The van der Waals surface area contributed by atoms with Crippen molar-refractivity contribution in [1.29, 1.82) is 0 Å². The largest absolute Gasteiger partial charge is 0.376 e. The summed E-state index contributed by atoms with van der Waals surface area (Å²) in [5, 5.41) is 3.22. The first-order valence-electron chi connectivity index (χ1n) is 7.26. The van der Waals surface area contributed by atoms with Gasteiger partial charge >= 0.3 is 0 Å². The zero-order valence-electron chi connectivity index (χ0n) is 12.4. The monoisotopic (exact) mass is 272 g/mol. The van der Waals surface area contributed by atoms with E-state index in [0.29, 0.717) is 13.0 Å². The summed E-state index contributed by atoms with van der Waals surface area (Å²) < 4.78 is 11.3. The van der Waals surface area contributed by atoms with Gasteiger partial charge in [-0.15, -0.1) is 0 Å². The molecule has 1 heterocycles. The fourth-order valence-corrected chi connectivity index (χ4v) is 2.34. The molecule has 1 saturated heterocycles. The molecule has 112 valence electrons. The first-order chi connectivity index (χ1) is 8.98. The summed E-state index contributed by atoms with van der Waals surface area (Å²) in [5.41, 5.74) is 4.79. The van der Waals surface area contributed by atoms with E-state index >= 15 is 0 Å². The molecule has 0 radical (unpaired) electrons. The number of amides is 1. The third-order valence-electron chi connectivity index (χ3n) is 3.60. The molecule has 0 bridgehead atoms. The van der Waals surface area contributed by atoms with E-state index in [1.54, 1.807) is 0 Å². The zero-order chi connectivity index (χ0) is 14.3. The minimum absolute atomic E-state index is 0.0222. The predicted octanol–water partition coefficient (Wildman–Crippen LogP) is 1.20. The Morgan fingerprint density at radius 3 is 2.89 bits per heavy atom. The van der Waals surface area contributed by atoms with Crippen molar-refractivity contribution < 1.29 is 14.3 Å². The SMILES string of the molecule is CCCNC(C)(CC(C)OCC1CCCO1)C(N)=O. The molecule has 0 aromatic heterocycles. The van der Waals surface area contributed by atoms with Gasteiger partial charge in [0.1, 0.15) is 0 Å². The minimum Gasteiger partial charge on any atom is -0.376 e. The van der Waals surface area contributed by atoms with Gasteiger partial charge in [0.05, 0.1) is 24.4 Å². The number of rotatable bonds is 9. The molecule has 1 fully saturated rings. The Kier molecular flexibility index (Phi) is 6.75. The van der Waals surface area contributed by atoms with Gasteiger partial charge in [-0.1, -0.05) is 6.92 Å². The number of primary amides is 1. The van der Waals surface area contributed by atoms with Gasteiger partial charge < -0.3 is 20.5 Å². The highest BCUT2D eigenvalue weighted by atomic mass is 16.5. The fourth-order valence-electron chi connectivity index (χ4n) is 2.34. The highest BCUT2D eigenvalue weighted by Crippen LogP contribution is 2.17. The average Bonchev–Trinajstić information content (AvgIpc) is 2.87. The number of carbonyl (C=O) groups excluding carboxylic acids is 1. The molecule has 5 heteroatoms. The van der Waals surface area contributed by atoms with Crippen molar-refractivity contribution >= 4 is 5.91 Å². The van der Waals surface area contributed by atoms with Crippen LogP contribution in [0.5, 0.6) is 0 Å². The molecule has 1 amide bonds. The lowest BCUT2D eigenvalue weighted by atomic mass is 9.93. The van der Waals surface area contributed by atoms with Crippen molar-refractivity contribution in [3.63, 3.8) is 0 Å². The zero-order valence-corrected chi connectivity index (χ0v) is 12.4. The number of nitrogens with one attached hydrogen (secondary N) is 1. The van der Waals surface area contributed by atoms with Crippen LogP contribution >= 0.6 is 0 Å². The molecule has 3 unspecified atom stereocenters. The molecular formula is C14H28N2O3. The lowest BCUT2D eigenvalue weighted by Gasteiger charge is -2.30. The number of hydrogen-bond acceptors (Lipinski definition) is 4. The normalized spacial score (nSPS) is 24.1. The van der Waals surface area contributed by atoms with Crippen molar-refractivity contribution in [3.8, 4) is 0 Å². The minimum atomic E-state index is -0.702. The van der Waals surface area contributed by atoms with Crippen molar-refractivity contribution in [2.24, 2.45) is 5.73 Å². The Morgan fingerprint density at radius 1 is 1.63 bits per heavy atom. The summed E-state index contributed by atoms with van der Waals surface area (Å²) in [6.07, 6.45) is 3.91. The Bertz CT molecular complexity index is 280. The molecule has 1 aliphatic heterocycles. The van der Waals surface area contributed by atoms with E-state index in [2.05, 4.69) is 12.2 Å². The lowest BCUT2D eigenvalue weighted by molar-refractivity contribution is -0.125. The Balaban J connectivity index is 2.37. The number of ether oxygens (including phenoxy) is 2. The first-order valence-corrected chi connectivity index (χ1v) is 7.26. The van der Waals surface area contributed by atoms with Gasteiger partial charge in [-0.2, -0.15) is 0 Å². The van der Waals surface area contributed by atoms with E-state index in [1.165, 1.54) is 0 Å². The Morgan fingerprint density at radius 2 is 2.37 bits per heavy atom. The maximum atomic E-state index is 11.6. The van der Waals surface area contributed by atoms with E-state index in [9.17, 15) is 4.79 Å². The van der Waals surface area contributed by atoms with E-state index in [4.69, 9.17) is 15.2 Å². The smallest absolute Gasteiger partial charge is 0.237 e. The summed E-state index contributed by atoms with van der Waals surface area (Å²) in [6, 6.07) is 0. The van der Waals surface area contributed by atoms with Gasteiger partial charge in [-0.3, -0.25) is 4.79 Å². The number of carbonyl (C=O) groups is 1. The van der Waals surface area contributed by atoms with Crippen LogP contribution in [0.25, 0.3) is 0 Å². The quantitative estimate of drug-likeness (QED) is 0.661. The van der Waals surface area contributed by atoms with E-state index in [1.807, 2.05) is 13.8 Å². The third-order valence-corrected chi connectivity index (χ3v) is 3.60. The molecule has 3 atom stereocenters. The van der Waals surface area contributed by atoms with Gasteiger partial charge in [0.25, 0.3) is 0 Å². The first kappa shape index (κ1) is 16.4. The standard InChI is InChI=1S/C14H28N2O3/c1-4-7-16-14(3,13(15)17)9-11(2)19-10-12-6-5-8-18-12/h11-12,16H,4-10H2,1-3H3,(H2,15,17). The second-order valence-electron chi connectivity index (χ2n) is 5.61. The lowest BCUT2D eigenvalue weighted by Crippen LogP contribution is -2.55. The van der Waals surface area contributed by atoms with Gasteiger partial charge in [0, 0.05) is 13.0 Å². The molecule has 5 nitrogen and oxygen atoms in total. The second-order valence-corrected chi connectivity index (χ2v) is 5.61. The summed E-state index contributed by atoms with van der Waals surface area (Å²) in [4.78, 5) is 11.6. The maximum Gasteiger partial charge on any atom is 0.237 e. The topological polar surface area (TPSA) is 73.6 Å². The molecule has 0 aromatic carbocycles. The van der Waals surface area contributed by atoms with Crippen LogP contribution in [-0.4, -0.2) is 43.4 Å². The van der Waals surface area contributed by atoms with Crippen LogP contribution in [0, 0.1) is 0 Å². The Labute approximate surface area is 116 Å². The van der Waals surface area contributed by atoms with Crippen molar-refractivity contribution in [1.82, 2.24) is 5.32 Å². The van der Waals surface area contributed by atoms with Gasteiger partial charge in [0.2, 0.25) is 5.91 Å². The van der Waals surface area contributed by atoms with Crippen molar-refractivity contribution in [2.75, 3.05) is 19.8 Å². The van der Waals surface area contributed by atoms with Crippen LogP contribution in [0.4, 0.5) is 0 Å². The average molecular weight is 272 g/mol. The van der Waals surface area contributed by atoms with E-state index < -0.39 is 5.54 Å². The van der Waals surface area contributed by atoms with Gasteiger partial charge in [0.15, 0.2) is 0 Å². The van der Waals surface area contributed by atoms with E-state index in [0.717, 1.165) is 32.4 Å². The molecule has 1 aliphatic rings. The summed E-state index contributed by atoms with van der Waals surface area (Å²) in [6.45, 7) is 8.09. The van der Waals surface area contributed by atoms with Crippen LogP contribution in [0.3, 0.4) is 0 Å². The number of hydrogen-bond donors (Lipinski definition) is 2. The van der Waals surface area contributed by atoms with Crippen molar-refractivity contribution in [3.05, 3.63) is 0 Å². The maximum absolute atomic E-state index is 11.6. The summed E-state index contributed by atoms with van der Waals surface area (Å²) in [5.74, 6) is -0.325. The summed E-state index contributed by atoms with van der Waals surface area (Å²) >= 11 is 0. The molecule has 0 spiro atoms. The molecular weight excluding hydrogens is 244 g/mol. The van der Waals surface area contributed by atoms with Crippen LogP contribution in [0.2, 0.25) is 0 Å². The van der Waals surface area contributed by atoms with Crippen molar-refractivity contribution in [2.45, 2.75) is 64.2 Å². The highest BCUT2D eigenvalue weighted by molar-refractivity contribution is 5.84. The van der Waals surface area contributed by atoms with Gasteiger partial charge in [-0.25, -0.2) is 0 Å². The number of nitrogens with two attached hydrogens (primary N) is 1. The van der Waals surface area contributed by atoms with Crippen LogP contribution in [0.1, 0.15) is 46.5 Å². The van der Waals surface area contributed by atoms with Crippen LogP contribution in [0.15, 0.2) is 0 Å². The fraction of sp³-hybridized carbons (Fsp3) is 0.929. The molecule has 1 rings (SSSR count). The molecule has 0 saturated carbocycles. The molecule has 0 aromatic rings. The second kappa shape index (κ2) is 7.82. The summed E-state index contributed by atoms with van der Waals surface area (Å²) in [7, 11) is 0. The van der Waals surface area contributed by atoms with Gasteiger partial charge in [-0.05, 0) is 39.7 Å². The highest BCUT2D eigenvalue weighted by Gasteiger charge is 2.32. The predicted molar refractivity (Wildman–Crippen MR) is 74.9 cm³/mol. The Hall–Kier alpha value is -0.650. The van der Waals surface area contributed by atoms with Crippen LogP contribution < -0.4 is 11.1 Å². The molecule has 3 N–H and O–H groups in total. The van der Waals surface area contributed by atoms with E-state index in [-0.39, 0.29) is 18.1 Å². The third kappa shape index (κ3) is 5.47.